The van der Waals surface area contributed by atoms with Gasteiger partial charge in [-0.15, -0.1) is 6.42 Å². The normalized spacial score (nSPS) is 9.65. The third-order valence-corrected chi connectivity index (χ3v) is 2.67. The first kappa shape index (κ1) is 11.4. The van der Waals surface area contributed by atoms with Gasteiger partial charge in [0.2, 0.25) is 0 Å². The van der Waals surface area contributed by atoms with Crippen LogP contribution in [0, 0.1) is 12.3 Å². The van der Waals surface area contributed by atoms with Crippen LogP contribution in [0.4, 0.5) is 0 Å². The zero-order valence-electron chi connectivity index (χ0n) is 8.98. The summed E-state index contributed by atoms with van der Waals surface area (Å²) in [5.41, 5.74) is 1.99. The van der Waals surface area contributed by atoms with E-state index < -0.39 is 0 Å². The van der Waals surface area contributed by atoms with Gasteiger partial charge < -0.3 is 0 Å². The lowest BCUT2D eigenvalue weighted by Gasteiger charge is -2.01. The predicted molar refractivity (Wildman–Crippen MR) is 69.3 cm³/mol. The van der Waals surface area contributed by atoms with E-state index in [1.54, 1.807) is 48.5 Å². The molecule has 0 aliphatic heterocycles. The van der Waals surface area contributed by atoms with Crippen LogP contribution in [0.1, 0.15) is 21.5 Å². The number of hydrogen-bond donors (Lipinski definition) is 0. The second kappa shape index (κ2) is 4.86. The van der Waals surface area contributed by atoms with E-state index in [0.717, 1.165) is 5.56 Å². The summed E-state index contributed by atoms with van der Waals surface area (Å²) in [4.78, 5) is 12.1. The van der Waals surface area contributed by atoms with Gasteiger partial charge in [-0.25, -0.2) is 0 Å². The number of rotatable bonds is 2. The van der Waals surface area contributed by atoms with Crippen LogP contribution >= 0.6 is 11.6 Å². The lowest BCUT2D eigenvalue weighted by atomic mass is 10.0. The number of hydrogen-bond acceptors (Lipinski definition) is 1. The zero-order chi connectivity index (χ0) is 12.3. The molecular formula is C15H9ClO. The Bertz CT molecular complexity index is 574. The van der Waals surface area contributed by atoms with Gasteiger partial charge in [0, 0.05) is 21.7 Å². The third kappa shape index (κ3) is 2.55. The van der Waals surface area contributed by atoms with E-state index in [-0.39, 0.29) is 5.78 Å². The van der Waals surface area contributed by atoms with Crippen LogP contribution in [0.2, 0.25) is 5.02 Å². The van der Waals surface area contributed by atoms with Gasteiger partial charge in [-0.05, 0) is 48.5 Å². The third-order valence-electron chi connectivity index (χ3n) is 2.42. The molecule has 2 heteroatoms. The first-order chi connectivity index (χ1) is 8.20. The van der Waals surface area contributed by atoms with Gasteiger partial charge >= 0.3 is 0 Å². The van der Waals surface area contributed by atoms with Gasteiger partial charge in [0.15, 0.2) is 5.78 Å². The van der Waals surface area contributed by atoms with Crippen LogP contribution in [0.3, 0.4) is 0 Å². The lowest BCUT2D eigenvalue weighted by molar-refractivity contribution is 0.103. The summed E-state index contributed by atoms with van der Waals surface area (Å²) < 4.78 is 0. The van der Waals surface area contributed by atoms with Crippen molar-refractivity contribution in [1.29, 1.82) is 0 Å². The fourth-order valence-electron chi connectivity index (χ4n) is 1.49. The topological polar surface area (TPSA) is 17.1 Å². The van der Waals surface area contributed by atoms with E-state index in [2.05, 4.69) is 5.92 Å². The van der Waals surface area contributed by atoms with E-state index in [1.165, 1.54) is 0 Å². The maximum Gasteiger partial charge on any atom is 0.193 e. The molecule has 0 radical (unpaired) electrons. The van der Waals surface area contributed by atoms with Crippen LogP contribution in [0.25, 0.3) is 0 Å². The average Bonchev–Trinajstić information content (AvgIpc) is 2.39. The number of carbonyl (C=O) groups excluding carboxylic acids is 1. The van der Waals surface area contributed by atoms with Crippen molar-refractivity contribution in [1.82, 2.24) is 0 Å². The highest BCUT2D eigenvalue weighted by atomic mass is 35.5. The highest BCUT2D eigenvalue weighted by molar-refractivity contribution is 6.30. The molecule has 0 aliphatic carbocycles. The van der Waals surface area contributed by atoms with Gasteiger partial charge in [-0.3, -0.25) is 4.79 Å². The fraction of sp³-hybridized carbons (Fsp3) is 0. The Labute approximate surface area is 105 Å². The summed E-state index contributed by atoms with van der Waals surface area (Å²) in [5, 5.41) is 0.615. The number of carbonyl (C=O) groups is 1. The Morgan fingerprint density at radius 1 is 0.941 bits per heavy atom. The maximum atomic E-state index is 12.1. The zero-order valence-corrected chi connectivity index (χ0v) is 9.74. The van der Waals surface area contributed by atoms with Gasteiger partial charge in [-0.1, -0.05) is 17.5 Å². The second-order valence-electron chi connectivity index (χ2n) is 3.56. The monoisotopic (exact) mass is 240 g/mol. The van der Waals surface area contributed by atoms with E-state index in [1.807, 2.05) is 0 Å². The molecule has 2 aromatic rings. The minimum atomic E-state index is -0.0368. The van der Waals surface area contributed by atoms with Gasteiger partial charge in [0.1, 0.15) is 0 Å². The largest absolute Gasteiger partial charge is 0.289 e. The summed E-state index contributed by atoms with van der Waals surface area (Å²) in [6, 6.07) is 13.8. The number of ketones is 1. The summed E-state index contributed by atoms with van der Waals surface area (Å²) in [6.07, 6.45) is 5.25. The summed E-state index contributed by atoms with van der Waals surface area (Å²) in [5.74, 6) is 2.47. The molecule has 82 valence electrons. The Kier molecular flexibility index (Phi) is 3.27. The van der Waals surface area contributed by atoms with Crippen LogP contribution in [0.5, 0.6) is 0 Å². The SMILES string of the molecule is C#Cc1ccc(C(=O)c2ccc(Cl)cc2)cc1. The first-order valence-electron chi connectivity index (χ1n) is 5.07. The van der Waals surface area contributed by atoms with E-state index in [9.17, 15) is 4.79 Å². The minimum Gasteiger partial charge on any atom is -0.289 e. The first-order valence-corrected chi connectivity index (χ1v) is 5.45. The second-order valence-corrected chi connectivity index (χ2v) is 3.99. The lowest BCUT2D eigenvalue weighted by Crippen LogP contribution is -2.00. The standard InChI is InChI=1S/C15H9ClO/c1-2-11-3-5-12(6-4-11)15(17)13-7-9-14(16)10-8-13/h1,3-10H. The molecule has 0 unspecified atom stereocenters. The van der Waals surface area contributed by atoms with Crippen LogP contribution in [0.15, 0.2) is 48.5 Å². The molecule has 2 aromatic carbocycles. The molecule has 0 spiro atoms. The van der Waals surface area contributed by atoms with E-state index in [4.69, 9.17) is 18.0 Å². The van der Waals surface area contributed by atoms with Gasteiger partial charge in [-0.2, -0.15) is 0 Å². The molecule has 0 amide bonds. The quantitative estimate of drug-likeness (QED) is 0.580. The molecule has 0 heterocycles. The molecule has 0 bridgehead atoms. The van der Waals surface area contributed by atoms with E-state index in [0.29, 0.717) is 16.1 Å². The minimum absolute atomic E-state index is 0.0368. The Balaban J connectivity index is 2.31. The summed E-state index contributed by atoms with van der Waals surface area (Å²) in [6.45, 7) is 0. The smallest absolute Gasteiger partial charge is 0.193 e. The summed E-state index contributed by atoms with van der Waals surface area (Å²) >= 11 is 5.77. The van der Waals surface area contributed by atoms with Crippen molar-refractivity contribution in [3.05, 3.63) is 70.2 Å². The Morgan fingerprint density at radius 3 is 1.88 bits per heavy atom. The van der Waals surface area contributed by atoms with Crippen molar-refractivity contribution in [2.24, 2.45) is 0 Å². The fourth-order valence-corrected chi connectivity index (χ4v) is 1.61. The molecule has 0 saturated heterocycles. The van der Waals surface area contributed by atoms with Gasteiger partial charge in [0.25, 0.3) is 0 Å². The summed E-state index contributed by atoms with van der Waals surface area (Å²) in [7, 11) is 0. The molecule has 0 saturated carbocycles. The van der Waals surface area contributed by atoms with Crippen LogP contribution in [-0.2, 0) is 0 Å². The number of terminal acetylenes is 1. The van der Waals surface area contributed by atoms with E-state index >= 15 is 0 Å². The van der Waals surface area contributed by atoms with Gasteiger partial charge in [0.05, 0.1) is 0 Å². The van der Waals surface area contributed by atoms with Crippen molar-refractivity contribution < 1.29 is 4.79 Å². The highest BCUT2D eigenvalue weighted by Gasteiger charge is 2.08. The highest BCUT2D eigenvalue weighted by Crippen LogP contribution is 2.14. The number of benzene rings is 2. The molecule has 17 heavy (non-hydrogen) atoms. The molecule has 0 aromatic heterocycles. The molecule has 1 nitrogen and oxygen atoms in total. The van der Waals surface area contributed by atoms with Crippen molar-refractivity contribution in [3.63, 3.8) is 0 Å². The maximum absolute atomic E-state index is 12.1. The molecule has 0 atom stereocenters. The van der Waals surface area contributed by atoms with Crippen molar-refractivity contribution in [2.45, 2.75) is 0 Å². The molecular weight excluding hydrogens is 232 g/mol. The molecule has 0 fully saturated rings. The predicted octanol–water partition coefficient (Wildman–Crippen LogP) is 3.55. The molecule has 0 N–H and O–H groups in total. The average molecular weight is 241 g/mol. The van der Waals surface area contributed by atoms with Crippen molar-refractivity contribution in [3.8, 4) is 12.3 Å². The van der Waals surface area contributed by atoms with Crippen molar-refractivity contribution in [2.75, 3.05) is 0 Å². The van der Waals surface area contributed by atoms with Crippen LogP contribution in [-0.4, -0.2) is 5.78 Å². The van der Waals surface area contributed by atoms with Crippen molar-refractivity contribution >= 4 is 17.4 Å². The molecule has 0 aliphatic rings. The Hall–Kier alpha value is -2.04. The molecule has 2 rings (SSSR count). The van der Waals surface area contributed by atoms with Crippen LogP contribution < -0.4 is 0 Å². The Morgan fingerprint density at radius 2 is 1.41 bits per heavy atom. The number of halogens is 1.